The third-order valence-corrected chi connectivity index (χ3v) is 5.40. The van der Waals surface area contributed by atoms with E-state index in [1.807, 2.05) is 36.4 Å². The molecule has 32 heavy (non-hydrogen) atoms. The number of hydrogen-bond donors (Lipinski definition) is 1. The van der Waals surface area contributed by atoms with E-state index in [0.717, 1.165) is 28.0 Å². The predicted molar refractivity (Wildman–Crippen MR) is 132 cm³/mol. The van der Waals surface area contributed by atoms with Crippen molar-refractivity contribution in [3.8, 4) is 6.01 Å². The van der Waals surface area contributed by atoms with Crippen molar-refractivity contribution in [3.05, 3.63) is 74.2 Å². The molecule has 10 heteroatoms. The molecule has 3 aromatic rings. The average Bonchev–Trinajstić information content (AvgIpc) is 2.81. The zero-order valence-electron chi connectivity index (χ0n) is 17.4. The van der Waals surface area contributed by atoms with Gasteiger partial charge in [-0.25, -0.2) is 0 Å². The molecule has 3 heterocycles. The number of anilines is 2. The molecule has 0 aliphatic carbocycles. The standard InChI is InChI=1S/C22H23IN6O3/c23-18-5-3-4-17(14-18)16-24-27-19-15-20(28-8-11-31-12-9-28)26-22(25-19)32-13-10-29-7-2-1-6-21(29)30/h1-7,14-16H,8-13H2,(H,25,26,27). The summed E-state index contributed by atoms with van der Waals surface area (Å²) in [6.07, 6.45) is 3.46. The van der Waals surface area contributed by atoms with E-state index in [-0.39, 0.29) is 18.2 Å². The minimum Gasteiger partial charge on any atom is -0.461 e. The van der Waals surface area contributed by atoms with Gasteiger partial charge in [-0.2, -0.15) is 15.1 Å². The fraction of sp³-hybridized carbons (Fsp3) is 0.273. The van der Waals surface area contributed by atoms with Crippen LogP contribution < -0.4 is 20.6 Å². The van der Waals surface area contributed by atoms with Gasteiger partial charge in [0.2, 0.25) is 0 Å². The number of pyridine rings is 1. The lowest BCUT2D eigenvalue weighted by molar-refractivity contribution is 0.122. The molecule has 166 valence electrons. The van der Waals surface area contributed by atoms with E-state index in [1.54, 1.807) is 23.0 Å². The number of hydrazone groups is 1. The number of nitrogens with one attached hydrogen (secondary N) is 1. The molecule has 1 saturated heterocycles. The molecule has 0 saturated carbocycles. The molecule has 0 bridgehead atoms. The molecule has 9 nitrogen and oxygen atoms in total. The Bertz CT molecular complexity index is 1130. The summed E-state index contributed by atoms with van der Waals surface area (Å²) < 4.78 is 13.9. The normalized spacial score (nSPS) is 14.0. The largest absolute Gasteiger partial charge is 0.461 e. The Morgan fingerprint density at radius 3 is 2.84 bits per heavy atom. The highest BCUT2D eigenvalue weighted by molar-refractivity contribution is 14.1. The Balaban J connectivity index is 1.48. The number of aromatic nitrogens is 3. The molecule has 1 aliphatic rings. The van der Waals surface area contributed by atoms with Gasteiger partial charge in [0.15, 0.2) is 5.82 Å². The Hall–Kier alpha value is -2.99. The number of nitrogens with zero attached hydrogens (tertiary/aromatic N) is 5. The van der Waals surface area contributed by atoms with E-state index in [1.165, 1.54) is 6.07 Å². The monoisotopic (exact) mass is 546 g/mol. The molecule has 0 amide bonds. The van der Waals surface area contributed by atoms with Crippen LogP contribution in [0.2, 0.25) is 0 Å². The van der Waals surface area contributed by atoms with Gasteiger partial charge in [-0.1, -0.05) is 18.2 Å². The van der Waals surface area contributed by atoms with Gasteiger partial charge in [0, 0.05) is 35.0 Å². The van der Waals surface area contributed by atoms with Gasteiger partial charge < -0.3 is 18.9 Å². The summed E-state index contributed by atoms with van der Waals surface area (Å²) in [6.45, 7) is 3.43. The van der Waals surface area contributed by atoms with E-state index in [2.05, 4.69) is 48.0 Å². The smallest absolute Gasteiger partial charge is 0.320 e. The van der Waals surface area contributed by atoms with Crippen LogP contribution in [0.25, 0.3) is 0 Å². The number of ether oxygens (including phenoxy) is 2. The van der Waals surface area contributed by atoms with Crippen molar-refractivity contribution >= 4 is 40.4 Å². The fourth-order valence-electron chi connectivity index (χ4n) is 3.13. The lowest BCUT2D eigenvalue weighted by Crippen LogP contribution is -2.36. The highest BCUT2D eigenvalue weighted by atomic mass is 127. The van der Waals surface area contributed by atoms with E-state index in [0.29, 0.717) is 25.6 Å². The van der Waals surface area contributed by atoms with Gasteiger partial charge in [-0.3, -0.25) is 10.2 Å². The molecule has 0 unspecified atom stereocenters. The first-order chi connectivity index (χ1) is 15.7. The minimum atomic E-state index is -0.0775. The topological polar surface area (TPSA) is 93.9 Å². The molecule has 1 aromatic carbocycles. The summed E-state index contributed by atoms with van der Waals surface area (Å²) in [7, 11) is 0. The first kappa shape index (κ1) is 22.2. The van der Waals surface area contributed by atoms with Gasteiger partial charge >= 0.3 is 6.01 Å². The molecule has 1 aliphatic heterocycles. The molecular formula is C22H23IN6O3. The van der Waals surface area contributed by atoms with Gasteiger partial charge in [-0.05, 0) is 46.4 Å². The van der Waals surface area contributed by atoms with Gasteiger partial charge in [-0.15, -0.1) is 0 Å². The highest BCUT2D eigenvalue weighted by Crippen LogP contribution is 2.20. The van der Waals surface area contributed by atoms with Gasteiger partial charge in [0.25, 0.3) is 5.56 Å². The van der Waals surface area contributed by atoms with E-state index >= 15 is 0 Å². The number of rotatable bonds is 8. The fourth-order valence-corrected chi connectivity index (χ4v) is 3.70. The first-order valence-corrected chi connectivity index (χ1v) is 11.3. The summed E-state index contributed by atoms with van der Waals surface area (Å²) in [4.78, 5) is 23.0. The second-order valence-corrected chi connectivity index (χ2v) is 8.24. The van der Waals surface area contributed by atoms with Crippen LogP contribution in [-0.4, -0.2) is 53.7 Å². The summed E-state index contributed by atoms with van der Waals surface area (Å²) in [6, 6.07) is 15.1. The van der Waals surface area contributed by atoms with E-state index in [4.69, 9.17) is 9.47 Å². The third-order valence-electron chi connectivity index (χ3n) is 4.73. The Morgan fingerprint density at radius 1 is 1.16 bits per heavy atom. The lowest BCUT2D eigenvalue weighted by Gasteiger charge is -2.28. The molecule has 0 spiro atoms. The summed E-state index contributed by atoms with van der Waals surface area (Å²) in [5.41, 5.74) is 3.88. The van der Waals surface area contributed by atoms with Crippen LogP contribution in [0.3, 0.4) is 0 Å². The minimum absolute atomic E-state index is 0.0775. The third kappa shape index (κ3) is 6.26. The summed E-state index contributed by atoms with van der Waals surface area (Å²) in [5.74, 6) is 1.26. The molecule has 1 N–H and O–H groups in total. The molecule has 0 atom stereocenters. The van der Waals surface area contributed by atoms with Gasteiger partial charge in [0.05, 0.1) is 26.0 Å². The molecule has 4 rings (SSSR count). The Kier molecular flexibility index (Phi) is 7.67. The van der Waals surface area contributed by atoms with Crippen molar-refractivity contribution in [3.63, 3.8) is 0 Å². The van der Waals surface area contributed by atoms with E-state index in [9.17, 15) is 4.79 Å². The van der Waals surface area contributed by atoms with Crippen molar-refractivity contribution in [1.29, 1.82) is 0 Å². The maximum Gasteiger partial charge on any atom is 0.320 e. The Morgan fingerprint density at radius 2 is 2.03 bits per heavy atom. The van der Waals surface area contributed by atoms with Crippen molar-refractivity contribution in [2.75, 3.05) is 43.2 Å². The van der Waals surface area contributed by atoms with Crippen LogP contribution >= 0.6 is 22.6 Å². The zero-order chi connectivity index (χ0) is 22.2. The number of halogens is 1. The zero-order valence-corrected chi connectivity index (χ0v) is 19.5. The van der Waals surface area contributed by atoms with Crippen molar-refractivity contribution < 1.29 is 9.47 Å². The first-order valence-electron chi connectivity index (χ1n) is 10.2. The molecule has 1 fully saturated rings. The van der Waals surface area contributed by atoms with Crippen LogP contribution in [0.1, 0.15) is 5.56 Å². The number of morpholine rings is 1. The van der Waals surface area contributed by atoms with Crippen LogP contribution in [0.4, 0.5) is 11.6 Å². The molecular weight excluding hydrogens is 523 g/mol. The predicted octanol–water partition coefficient (Wildman–Crippen LogP) is 2.60. The molecule has 2 aromatic heterocycles. The lowest BCUT2D eigenvalue weighted by atomic mass is 10.2. The SMILES string of the molecule is O=c1ccccn1CCOc1nc(NN=Cc2cccc(I)c2)cc(N2CCOCC2)n1. The number of benzene rings is 1. The average molecular weight is 546 g/mol. The van der Waals surface area contributed by atoms with Crippen LogP contribution in [0, 0.1) is 3.57 Å². The highest BCUT2D eigenvalue weighted by Gasteiger charge is 2.15. The van der Waals surface area contributed by atoms with E-state index < -0.39 is 0 Å². The van der Waals surface area contributed by atoms with Crippen molar-refractivity contribution in [1.82, 2.24) is 14.5 Å². The second-order valence-electron chi connectivity index (χ2n) is 7.00. The van der Waals surface area contributed by atoms with Crippen molar-refractivity contribution in [2.45, 2.75) is 6.54 Å². The second kappa shape index (κ2) is 11.0. The van der Waals surface area contributed by atoms with Crippen molar-refractivity contribution in [2.24, 2.45) is 5.10 Å². The maximum absolute atomic E-state index is 11.9. The quantitative estimate of drug-likeness (QED) is 0.264. The van der Waals surface area contributed by atoms with Gasteiger partial charge in [0.1, 0.15) is 12.4 Å². The van der Waals surface area contributed by atoms with Crippen LogP contribution in [-0.2, 0) is 11.3 Å². The summed E-state index contributed by atoms with van der Waals surface area (Å²) in [5, 5.41) is 4.31. The molecule has 0 radical (unpaired) electrons. The Labute approximate surface area is 199 Å². The summed E-state index contributed by atoms with van der Waals surface area (Å²) >= 11 is 2.26. The maximum atomic E-state index is 11.9. The van der Waals surface area contributed by atoms with Crippen LogP contribution in [0.15, 0.2) is 64.6 Å². The number of hydrogen-bond acceptors (Lipinski definition) is 8. The van der Waals surface area contributed by atoms with Crippen LogP contribution in [0.5, 0.6) is 6.01 Å².